The highest BCUT2D eigenvalue weighted by atomic mass is 16.4. The Morgan fingerprint density at radius 3 is 2.58 bits per heavy atom. The van der Waals surface area contributed by atoms with Gasteiger partial charge in [-0.1, -0.05) is 25.7 Å². The molecule has 1 fully saturated rings. The van der Waals surface area contributed by atoms with Crippen LogP contribution in [-0.2, 0) is 4.79 Å². The van der Waals surface area contributed by atoms with Crippen molar-refractivity contribution in [2.24, 2.45) is 0 Å². The van der Waals surface area contributed by atoms with Gasteiger partial charge in [0.1, 0.15) is 6.04 Å². The monoisotopic (exact) mass is 273 g/mol. The van der Waals surface area contributed by atoms with Crippen LogP contribution in [0.3, 0.4) is 0 Å². The molecule has 1 atom stereocenters. The van der Waals surface area contributed by atoms with Crippen LogP contribution in [0.15, 0.2) is 0 Å². The van der Waals surface area contributed by atoms with Gasteiger partial charge in [0, 0.05) is 10.2 Å². The molecule has 112 valence electrons. The summed E-state index contributed by atoms with van der Waals surface area (Å²) in [4.78, 5) is 15.2. The van der Waals surface area contributed by atoms with Crippen molar-refractivity contribution in [3.63, 3.8) is 0 Å². The van der Waals surface area contributed by atoms with Gasteiger partial charge >= 0.3 is 5.97 Å². The van der Waals surface area contributed by atoms with E-state index in [0.717, 1.165) is 38.5 Å². The lowest BCUT2D eigenvalue weighted by molar-refractivity contribution is -0.144. The van der Waals surface area contributed by atoms with Gasteiger partial charge in [-0.25, -0.2) is 0 Å². The maximum absolute atomic E-state index is 11.6. The van der Waals surface area contributed by atoms with Crippen LogP contribution in [0.4, 0.5) is 0 Å². The third kappa shape index (κ3) is 5.91. The molecule has 0 radical (unpaired) electrons. The van der Waals surface area contributed by atoms with Crippen molar-refractivity contribution >= 4 is 5.97 Å². The Morgan fingerprint density at radius 2 is 2.00 bits per heavy atom. The summed E-state index contributed by atoms with van der Waals surface area (Å²) in [5, 5.41) is 9.51. The zero-order valence-corrected chi connectivity index (χ0v) is 11.9. The van der Waals surface area contributed by atoms with E-state index in [1.165, 1.54) is 6.42 Å². The summed E-state index contributed by atoms with van der Waals surface area (Å²) in [6, 6.07) is -0.327. The summed E-state index contributed by atoms with van der Waals surface area (Å²) < 4.78 is 22.3. The quantitative estimate of drug-likeness (QED) is 0.690. The van der Waals surface area contributed by atoms with Gasteiger partial charge in [0.15, 0.2) is 0 Å². The van der Waals surface area contributed by atoms with Crippen molar-refractivity contribution in [2.75, 3.05) is 27.6 Å². The molecule has 1 rings (SSSR count). The molecule has 1 saturated carbocycles. The molecule has 0 unspecified atom stereocenters. The molecule has 0 saturated heterocycles. The van der Waals surface area contributed by atoms with Crippen molar-refractivity contribution < 1.29 is 14.0 Å². The Bertz CT molecular complexity index is 311. The van der Waals surface area contributed by atoms with Crippen molar-refractivity contribution in [1.82, 2.24) is 9.80 Å². The average molecular weight is 273 g/mol. The third-order valence-electron chi connectivity index (χ3n) is 3.93. The van der Waals surface area contributed by atoms with Crippen molar-refractivity contribution in [3.05, 3.63) is 0 Å². The highest BCUT2D eigenvalue weighted by molar-refractivity contribution is 5.73. The van der Waals surface area contributed by atoms with Crippen LogP contribution in [-0.4, -0.2) is 60.6 Å². The van der Waals surface area contributed by atoms with E-state index in [9.17, 15) is 9.90 Å². The minimum atomic E-state index is -0.823. The Labute approximate surface area is 122 Å². The lowest BCUT2D eigenvalue weighted by Crippen LogP contribution is -2.45. The van der Waals surface area contributed by atoms with Gasteiger partial charge < -0.3 is 10.0 Å². The normalized spacial score (nSPS) is 21.1. The zero-order valence-electron chi connectivity index (χ0n) is 14.9. The Balaban J connectivity index is 2.46. The van der Waals surface area contributed by atoms with Gasteiger partial charge in [-0.05, 0) is 53.3 Å². The standard InChI is InChI=1S/C15H30N2O2/c1-16(2)12-8-7-11-14(15(18)19)17(3)13-9-5-4-6-10-13/h13-14H,4-12H2,1-3H3,(H,18,19)/t14-/m0/s1/i1D,2D,3D. The van der Waals surface area contributed by atoms with E-state index < -0.39 is 12.0 Å². The molecule has 4 nitrogen and oxygen atoms in total. The van der Waals surface area contributed by atoms with Crippen molar-refractivity contribution in [2.45, 2.75) is 63.5 Å². The second-order valence-electron chi connectivity index (χ2n) is 5.55. The molecule has 1 aliphatic carbocycles. The van der Waals surface area contributed by atoms with E-state index in [-0.39, 0.29) is 27.1 Å². The fourth-order valence-electron chi connectivity index (χ4n) is 2.77. The first kappa shape index (κ1) is 12.2. The van der Waals surface area contributed by atoms with Crippen LogP contribution in [0.1, 0.15) is 55.5 Å². The molecular formula is C15H30N2O2. The maximum atomic E-state index is 11.6. The minimum Gasteiger partial charge on any atom is -0.480 e. The van der Waals surface area contributed by atoms with Gasteiger partial charge in [-0.3, -0.25) is 9.69 Å². The second-order valence-corrected chi connectivity index (χ2v) is 5.55. The Hall–Kier alpha value is -0.610. The molecule has 0 amide bonds. The number of rotatable bonds is 8. The number of hydrogen-bond donors (Lipinski definition) is 1. The van der Waals surface area contributed by atoms with E-state index in [4.69, 9.17) is 4.11 Å². The van der Waals surface area contributed by atoms with Crippen LogP contribution in [0, 0.1) is 0 Å². The fraction of sp³-hybridized carbons (Fsp3) is 0.933. The van der Waals surface area contributed by atoms with E-state index >= 15 is 0 Å². The smallest absolute Gasteiger partial charge is 0.320 e. The van der Waals surface area contributed by atoms with Crippen LogP contribution in [0.2, 0.25) is 0 Å². The molecule has 4 heteroatoms. The summed E-state index contributed by atoms with van der Waals surface area (Å²) in [6.07, 6.45) is 7.62. The second kappa shape index (κ2) is 8.54. The number of carboxylic acids is 1. The molecule has 0 aromatic heterocycles. The molecule has 0 spiro atoms. The molecule has 0 bridgehead atoms. The van der Waals surface area contributed by atoms with Gasteiger partial charge in [-0.15, -0.1) is 0 Å². The van der Waals surface area contributed by atoms with Crippen LogP contribution in [0.5, 0.6) is 0 Å². The molecule has 0 aromatic rings. The Kier molecular flexibility index (Phi) is 5.46. The van der Waals surface area contributed by atoms with E-state index in [1.54, 1.807) is 4.90 Å². The number of nitrogens with zero attached hydrogens (tertiary/aromatic N) is 2. The molecule has 1 N–H and O–H groups in total. The molecule has 1 aliphatic rings. The number of unbranched alkanes of at least 4 members (excludes halogenated alkanes) is 1. The molecule has 0 aromatic carbocycles. The first-order chi connectivity index (χ1) is 10.6. The average Bonchev–Trinajstić information content (AvgIpc) is 2.54. The predicted octanol–water partition coefficient (Wildman–Crippen LogP) is 2.44. The number of hydrogen-bond acceptors (Lipinski definition) is 3. The fourth-order valence-corrected chi connectivity index (χ4v) is 2.77. The topological polar surface area (TPSA) is 43.8 Å². The molecular weight excluding hydrogens is 240 g/mol. The third-order valence-corrected chi connectivity index (χ3v) is 3.93. The zero-order chi connectivity index (χ0) is 16.4. The Morgan fingerprint density at radius 1 is 1.26 bits per heavy atom. The summed E-state index contributed by atoms with van der Waals surface area (Å²) >= 11 is 0. The minimum absolute atomic E-state index is 0.0488. The number of carbonyl (C=O) groups is 1. The first-order valence-corrected chi connectivity index (χ1v) is 7.22. The predicted molar refractivity (Wildman–Crippen MR) is 78.5 cm³/mol. The van der Waals surface area contributed by atoms with Crippen LogP contribution >= 0.6 is 0 Å². The highest BCUT2D eigenvalue weighted by Gasteiger charge is 2.28. The van der Waals surface area contributed by atoms with E-state index in [1.807, 2.05) is 4.90 Å². The van der Waals surface area contributed by atoms with E-state index in [2.05, 4.69) is 0 Å². The van der Waals surface area contributed by atoms with Crippen molar-refractivity contribution in [1.29, 1.82) is 0 Å². The van der Waals surface area contributed by atoms with Crippen LogP contribution < -0.4 is 0 Å². The molecule has 0 aliphatic heterocycles. The van der Waals surface area contributed by atoms with Gasteiger partial charge in [0.2, 0.25) is 0 Å². The highest BCUT2D eigenvalue weighted by Crippen LogP contribution is 2.24. The van der Waals surface area contributed by atoms with Crippen LogP contribution in [0.25, 0.3) is 0 Å². The molecule has 0 heterocycles. The SMILES string of the molecule is [2H]CN(C[2H])CCCC[C@@H](C(=O)O)N(C[2H])C1CCCCC1. The van der Waals surface area contributed by atoms with E-state index in [0.29, 0.717) is 13.0 Å². The number of aliphatic carboxylic acids is 1. The van der Waals surface area contributed by atoms with Gasteiger partial charge in [0.25, 0.3) is 0 Å². The lowest BCUT2D eigenvalue weighted by Gasteiger charge is -2.35. The maximum Gasteiger partial charge on any atom is 0.320 e. The number of likely N-dealkylation sites (N-methyl/N-ethyl adjacent to an activating group) is 1. The first-order valence-electron chi connectivity index (χ1n) is 9.34. The summed E-state index contributed by atoms with van der Waals surface area (Å²) in [5.74, 6) is -0.823. The summed E-state index contributed by atoms with van der Waals surface area (Å²) in [6.45, 7) is 0.670. The summed E-state index contributed by atoms with van der Waals surface area (Å²) in [5.41, 5.74) is 0. The van der Waals surface area contributed by atoms with Gasteiger partial charge in [0.05, 0.1) is 0 Å². The van der Waals surface area contributed by atoms with Crippen molar-refractivity contribution in [3.8, 4) is 0 Å². The van der Waals surface area contributed by atoms with Gasteiger partial charge in [-0.2, -0.15) is 0 Å². The lowest BCUT2D eigenvalue weighted by atomic mass is 9.93. The summed E-state index contributed by atoms with van der Waals surface area (Å²) in [7, 11) is 0.284. The largest absolute Gasteiger partial charge is 0.480 e. The number of carboxylic acid groups (broad SMARTS) is 1. The molecule has 19 heavy (non-hydrogen) atoms.